The minimum Gasteiger partial charge on any atom is -0.489 e. The first-order valence-corrected chi connectivity index (χ1v) is 6.26. The first-order chi connectivity index (χ1) is 9.60. The lowest BCUT2D eigenvalue weighted by Gasteiger charge is -2.10. The summed E-state index contributed by atoms with van der Waals surface area (Å²) in [6.07, 6.45) is 0. The fourth-order valence-corrected chi connectivity index (χ4v) is 1.90. The minimum absolute atomic E-state index is 0.351. The van der Waals surface area contributed by atoms with Crippen molar-refractivity contribution in [3.05, 3.63) is 59.2 Å². The molecule has 0 fully saturated rings. The van der Waals surface area contributed by atoms with Crippen molar-refractivity contribution in [1.82, 2.24) is 0 Å². The monoisotopic (exact) mass is 271 g/mol. The van der Waals surface area contributed by atoms with E-state index in [1.165, 1.54) is 7.11 Å². The van der Waals surface area contributed by atoms with Crippen LogP contribution in [0.5, 0.6) is 5.75 Å². The second kappa shape index (κ2) is 6.10. The third-order valence-electron chi connectivity index (χ3n) is 2.94. The zero-order chi connectivity index (χ0) is 14.5. The van der Waals surface area contributed by atoms with E-state index < -0.39 is 0 Å². The van der Waals surface area contributed by atoms with Crippen LogP contribution >= 0.6 is 0 Å². The SMILES string of the molecule is COC(=O)c1cccc(COc2ccc(N)cc2C)c1. The summed E-state index contributed by atoms with van der Waals surface area (Å²) in [5.74, 6) is 0.429. The number of rotatable bonds is 4. The van der Waals surface area contributed by atoms with Gasteiger partial charge in [0, 0.05) is 5.69 Å². The third kappa shape index (κ3) is 3.29. The Morgan fingerprint density at radius 1 is 1.20 bits per heavy atom. The van der Waals surface area contributed by atoms with Crippen LogP contribution in [0.1, 0.15) is 21.5 Å². The van der Waals surface area contributed by atoms with Gasteiger partial charge in [0.15, 0.2) is 0 Å². The maximum atomic E-state index is 11.5. The topological polar surface area (TPSA) is 61.5 Å². The predicted molar refractivity (Wildman–Crippen MR) is 77.7 cm³/mol. The summed E-state index contributed by atoms with van der Waals surface area (Å²) in [6.45, 7) is 2.33. The molecular formula is C16H17NO3. The molecule has 0 aliphatic heterocycles. The van der Waals surface area contributed by atoms with Crippen LogP contribution in [0.4, 0.5) is 5.69 Å². The van der Waals surface area contributed by atoms with E-state index in [9.17, 15) is 4.79 Å². The molecule has 0 aliphatic carbocycles. The Kier molecular flexibility index (Phi) is 4.25. The Balaban J connectivity index is 2.09. The number of carbonyl (C=O) groups is 1. The number of nitrogens with two attached hydrogens (primary N) is 1. The fraction of sp³-hybridized carbons (Fsp3) is 0.188. The highest BCUT2D eigenvalue weighted by atomic mass is 16.5. The Labute approximate surface area is 118 Å². The standard InChI is InChI=1S/C16H17NO3/c1-11-8-14(17)6-7-15(11)20-10-12-4-3-5-13(9-12)16(18)19-2/h3-9H,10,17H2,1-2H3. The van der Waals surface area contributed by atoms with Crippen molar-refractivity contribution >= 4 is 11.7 Å². The van der Waals surface area contributed by atoms with Gasteiger partial charge < -0.3 is 15.2 Å². The van der Waals surface area contributed by atoms with Crippen molar-refractivity contribution in [1.29, 1.82) is 0 Å². The van der Waals surface area contributed by atoms with Gasteiger partial charge in [-0.3, -0.25) is 0 Å². The van der Waals surface area contributed by atoms with Crippen molar-refractivity contribution in [3.8, 4) is 5.75 Å². The highest BCUT2D eigenvalue weighted by Gasteiger charge is 2.06. The Hall–Kier alpha value is -2.49. The molecule has 0 aromatic heterocycles. The highest BCUT2D eigenvalue weighted by molar-refractivity contribution is 5.89. The smallest absolute Gasteiger partial charge is 0.337 e. The summed E-state index contributed by atoms with van der Waals surface area (Å²) in [4.78, 5) is 11.5. The number of hydrogen-bond acceptors (Lipinski definition) is 4. The summed E-state index contributed by atoms with van der Waals surface area (Å²) >= 11 is 0. The maximum Gasteiger partial charge on any atom is 0.337 e. The summed E-state index contributed by atoms with van der Waals surface area (Å²) in [6, 6.07) is 12.7. The van der Waals surface area contributed by atoms with E-state index in [0.29, 0.717) is 17.9 Å². The van der Waals surface area contributed by atoms with E-state index in [4.69, 9.17) is 15.2 Å². The lowest BCUT2D eigenvalue weighted by atomic mass is 10.1. The van der Waals surface area contributed by atoms with Gasteiger partial charge in [-0.2, -0.15) is 0 Å². The molecule has 0 spiro atoms. The van der Waals surface area contributed by atoms with Crippen molar-refractivity contribution in [2.24, 2.45) is 0 Å². The second-order valence-corrected chi connectivity index (χ2v) is 4.51. The summed E-state index contributed by atoms with van der Waals surface area (Å²) in [5, 5.41) is 0. The van der Waals surface area contributed by atoms with Gasteiger partial charge in [0.25, 0.3) is 0 Å². The van der Waals surface area contributed by atoms with Gasteiger partial charge in [0.05, 0.1) is 12.7 Å². The van der Waals surface area contributed by atoms with Gasteiger partial charge in [0.2, 0.25) is 0 Å². The van der Waals surface area contributed by atoms with E-state index in [-0.39, 0.29) is 5.97 Å². The quantitative estimate of drug-likeness (QED) is 0.686. The molecular weight excluding hydrogens is 254 g/mol. The maximum absolute atomic E-state index is 11.5. The fourth-order valence-electron chi connectivity index (χ4n) is 1.90. The molecule has 104 valence electrons. The predicted octanol–water partition coefficient (Wildman–Crippen LogP) is 2.94. The van der Waals surface area contributed by atoms with Gasteiger partial charge in [-0.25, -0.2) is 4.79 Å². The molecule has 0 saturated heterocycles. The van der Waals surface area contributed by atoms with Crippen LogP contribution in [0.3, 0.4) is 0 Å². The van der Waals surface area contributed by atoms with Crippen molar-refractivity contribution in [2.75, 3.05) is 12.8 Å². The second-order valence-electron chi connectivity index (χ2n) is 4.51. The number of ether oxygens (including phenoxy) is 2. The summed E-state index contributed by atoms with van der Waals surface area (Å²) in [5.41, 5.74) is 8.81. The molecule has 0 aliphatic rings. The Morgan fingerprint density at radius 3 is 2.70 bits per heavy atom. The van der Waals surface area contributed by atoms with Crippen molar-refractivity contribution in [3.63, 3.8) is 0 Å². The zero-order valence-corrected chi connectivity index (χ0v) is 11.6. The molecule has 0 saturated carbocycles. The first kappa shape index (κ1) is 13.9. The molecule has 0 atom stereocenters. The zero-order valence-electron chi connectivity index (χ0n) is 11.6. The van der Waals surface area contributed by atoms with Crippen LogP contribution in [0.15, 0.2) is 42.5 Å². The number of hydrogen-bond donors (Lipinski definition) is 1. The summed E-state index contributed by atoms with van der Waals surface area (Å²) < 4.78 is 10.4. The molecule has 2 aromatic rings. The largest absolute Gasteiger partial charge is 0.489 e. The van der Waals surface area contributed by atoms with Crippen LogP contribution in [-0.2, 0) is 11.3 Å². The number of esters is 1. The molecule has 4 heteroatoms. The Bertz CT molecular complexity index is 623. The molecule has 2 aromatic carbocycles. The molecule has 0 bridgehead atoms. The van der Waals surface area contributed by atoms with Gasteiger partial charge >= 0.3 is 5.97 Å². The van der Waals surface area contributed by atoms with Crippen LogP contribution in [-0.4, -0.2) is 13.1 Å². The van der Waals surface area contributed by atoms with Gasteiger partial charge in [-0.05, 0) is 48.4 Å². The highest BCUT2D eigenvalue weighted by Crippen LogP contribution is 2.21. The molecule has 0 amide bonds. The molecule has 0 unspecified atom stereocenters. The number of aryl methyl sites for hydroxylation is 1. The van der Waals surface area contributed by atoms with Crippen LogP contribution in [0, 0.1) is 6.92 Å². The average Bonchev–Trinajstić information content (AvgIpc) is 2.46. The normalized spacial score (nSPS) is 10.1. The van der Waals surface area contributed by atoms with Crippen molar-refractivity contribution in [2.45, 2.75) is 13.5 Å². The van der Waals surface area contributed by atoms with Crippen molar-refractivity contribution < 1.29 is 14.3 Å². The number of nitrogen functional groups attached to an aromatic ring is 1. The van der Waals surface area contributed by atoms with E-state index in [0.717, 1.165) is 16.9 Å². The van der Waals surface area contributed by atoms with Crippen LogP contribution in [0.25, 0.3) is 0 Å². The molecule has 2 N–H and O–H groups in total. The third-order valence-corrected chi connectivity index (χ3v) is 2.94. The first-order valence-electron chi connectivity index (χ1n) is 6.26. The number of methoxy groups -OCH3 is 1. The lowest BCUT2D eigenvalue weighted by Crippen LogP contribution is -2.03. The molecule has 0 radical (unpaired) electrons. The van der Waals surface area contributed by atoms with E-state index >= 15 is 0 Å². The van der Waals surface area contributed by atoms with E-state index in [2.05, 4.69) is 0 Å². The minimum atomic E-state index is -0.351. The number of carbonyl (C=O) groups excluding carboxylic acids is 1. The van der Waals surface area contributed by atoms with Gasteiger partial charge in [-0.15, -0.1) is 0 Å². The van der Waals surface area contributed by atoms with E-state index in [1.807, 2.05) is 25.1 Å². The summed E-state index contributed by atoms with van der Waals surface area (Å²) in [7, 11) is 1.36. The van der Waals surface area contributed by atoms with Crippen LogP contribution in [0.2, 0.25) is 0 Å². The number of benzene rings is 2. The van der Waals surface area contributed by atoms with Crippen LogP contribution < -0.4 is 10.5 Å². The number of anilines is 1. The van der Waals surface area contributed by atoms with Gasteiger partial charge in [0.1, 0.15) is 12.4 Å². The van der Waals surface area contributed by atoms with Gasteiger partial charge in [-0.1, -0.05) is 12.1 Å². The molecule has 2 rings (SSSR count). The Morgan fingerprint density at radius 2 is 2.00 bits per heavy atom. The molecule has 4 nitrogen and oxygen atoms in total. The van der Waals surface area contributed by atoms with E-state index in [1.54, 1.807) is 24.3 Å². The average molecular weight is 271 g/mol. The lowest BCUT2D eigenvalue weighted by molar-refractivity contribution is 0.0600. The molecule has 0 heterocycles. The molecule has 20 heavy (non-hydrogen) atoms.